The number of nitrogens with zero attached hydrogens (tertiary/aromatic N) is 1. The average Bonchev–Trinajstić information content (AvgIpc) is 2.79. The number of hydrogen-bond donors (Lipinski definition) is 0. The van der Waals surface area contributed by atoms with Gasteiger partial charge in [0, 0.05) is 12.5 Å². The molecule has 0 radical (unpaired) electrons. The molecular weight excluding hydrogens is 290 g/mol. The van der Waals surface area contributed by atoms with Crippen LogP contribution in [0.25, 0.3) is 10.8 Å². The molecule has 0 spiro atoms. The Balaban J connectivity index is 1.94. The number of rotatable bonds is 2. The van der Waals surface area contributed by atoms with Crippen LogP contribution < -0.4 is 0 Å². The van der Waals surface area contributed by atoms with Gasteiger partial charge in [0.25, 0.3) is 0 Å². The van der Waals surface area contributed by atoms with Crippen molar-refractivity contribution < 1.29 is 4.58 Å². The zero-order chi connectivity index (χ0) is 16.9. The summed E-state index contributed by atoms with van der Waals surface area (Å²) >= 11 is 0. The molecular formula is C23H24N+. The summed E-state index contributed by atoms with van der Waals surface area (Å²) in [6.45, 7) is 6.90. The van der Waals surface area contributed by atoms with Crippen molar-refractivity contribution in [1.82, 2.24) is 0 Å². The molecule has 24 heavy (non-hydrogen) atoms. The van der Waals surface area contributed by atoms with Crippen molar-refractivity contribution in [3.05, 3.63) is 77.4 Å². The van der Waals surface area contributed by atoms with E-state index in [1.807, 2.05) is 0 Å². The number of hydrogen-bond acceptors (Lipinski definition) is 0. The molecule has 0 amide bonds. The standard InChI is InChI=1S/C23H24N/c1-16-9-5-6-11-19(16)15-23(3)17(2)24(4)22-20-12-8-7-10-18(20)13-14-21(22)23/h5-14H,15H2,1-4H3/q+1. The van der Waals surface area contributed by atoms with E-state index in [4.69, 9.17) is 0 Å². The van der Waals surface area contributed by atoms with E-state index in [2.05, 4.69) is 93.1 Å². The molecule has 0 saturated heterocycles. The second kappa shape index (κ2) is 5.31. The molecule has 1 unspecified atom stereocenters. The Kier molecular flexibility index (Phi) is 3.35. The molecule has 3 aromatic carbocycles. The molecule has 120 valence electrons. The van der Waals surface area contributed by atoms with Crippen LogP contribution in [0.2, 0.25) is 0 Å². The molecule has 0 saturated carbocycles. The summed E-state index contributed by atoms with van der Waals surface area (Å²) in [5.74, 6) is 0. The third-order valence-corrected chi connectivity index (χ3v) is 5.94. The molecule has 1 nitrogen and oxygen atoms in total. The molecule has 1 heteroatoms. The molecule has 3 aromatic rings. The molecule has 0 N–H and O–H groups in total. The van der Waals surface area contributed by atoms with Gasteiger partial charge in [0.05, 0.1) is 10.8 Å². The first-order valence-corrected chi connectivity index (χ1v) is 8.67. The van der Waals surface area contributed by atoms with Crippen LogP contribution in [-0.4, -0.2) is 17.3 Å². The third kappa shape index (κ3) is 2.04. The van der Waals surface area contributed by atoms with Gasteiger partial charge in [-0.2, -0.15) is 0 Å². The Labute approximate surface area is 144 Å². The largest absolute Gasteiger partial charge is 0.217 e. The van der Waals surface area contributed by atoms with Gasteiger partial charge in [0.15, 0.2) is 5.71 Å². The minimum atomic E-state index is 0.0419. The van der Waals surface area contributed by atoms with Gasteiger partial charge in [0.2, 0.25) is 5.69 Å². The normalized spacial score (nSPS) is 19.8. The van der Waals surface area contributed by atoms with Crippen LogP contribution in [0.5, 0.6) is 0 Å². The van der Waals surface area contributed by atoms with Gasteiger partial charge in [-0.3, -0.25) is 0 Å². The lowest BCUT2D eigenvalue weighted by atomic mass is 9.74. The monoisotopic (exact) mass is 314 g/mol. The maximum atomic E-state index is 2.40. The van der Waals surface area contributed by atoms with Crippen LogP contribution in [0.15, 0.2) is 60.7 Å². The Morgan fingerprint density at radius 3 is 2.38 bits per heavy atom. The quantitative estimate of drug-likeness (QED) is 0.557. The molecule has 0 aromatic heterocycles. The van der Waals surface area contributed by atoms with Crippen molar-refractivity contribution in [2.75, 3.05) is 7.05 Å². The van der Waals surface area contributed by atoms with Crippen molar-refractivity contribution in [1.29, 1.82) is 0 Å². The highest BCUT2D eigenvalue weighted by molar-refractivity contribution is 6.02. The van der Waals surface area contributed by atoms with Gasteiger partial charge in [-0.25, -0.2) is 4.58 Å². The lowest BCUT2D eigenvalue weighted by Gasteiger charge is -2.23. The summed E-state index contributed by atoms with van der Waals surface area (Å²) in [7, 11) is 2.21. The van der Waals surface area contributed by atoms with E-state index in [-0.39, 0.29) is 5.41 Å². The minimum absolute atomic E-state index is 0.0419. The van der Waals surface area contributed by atoms with Crippen molar-refractivity contribution in [2.45, 2.75) is 32.6 Å². The van der Waals surface area contributed by atoms with Crippen molar-refractivity contribution in [3.8, 4) is 0 Å². The second-order valence-electron chi connectivity index (χ2n) is 7.26. The first-order valence-electron chi connectivity index (χ1n) is 8.67. The second-order valence-corrected chi connectivity index (χ2v) is 7.26. The predicted molar refractivity (Wildman–Crippen MR) is 103 cm³/mol. The lowest BCUT2D eigenvalue weighted by molar-refractivity contribution is -0.401. The Hall–Kier alpha value is -2.41. The molecule has 1 aliphatic rings. The zero-order valence-electron chi connectivity index (χ0n) is 14.9. The van der Waals surface area contributed by atoms with Crippen molar-refractivity contribution in [2.24, 2.45) is 0 Å². The summed E-state index contributed by atoms with van der Waals surface area (Å²) in [4.78, 5) is 0. The Morgan fingerprint density at radius 2 is 1.58 bits per heavy atom. The fourth-order valence-electron chi connectivity index (χ4n) is 4.21. The molecule has 0 bridgehead atoms. The zero-order valence-corrected chi connectivity index (χ0v) is 14.9. The van der Waals surface area contributed by atoms with E-state index in [1.54, 1.807) is 0 Å². The molecule has 0 fully saturated rings. The topological polar surface area (TPSA) is 3.01 Å². The third-order valence-electron chi connectivity index (χ3n) is 5.94. The first kappa shape index (κ1) is 15.1. The van der Waals surface area contributed by atoms with E-state index in [0.717, 1.165) is 6.42 Å². The average molecular weight is 314 g/mol. The van der Waals surface area contributed by atoms with Crippen LogP contribution >= 0.6 is 0 Å². The fourth-order valence-corrected chi connectivity index (χ4v) is 4.21. The minimum Gasteiger partial charge on any atom is -0.201 e. The van der Waals surface area contributed by atoms with E-state index in [0.29, 0.717) is 0 Å². The summed E-state index contributed by atoms with van der Waals surface area (Å²) in [5.41, 5.74) is 7.11. The predicted octanol–water partition coefficient (Wildman–Crippen LogP) is 5.40. The van der Waals surface area contributed by atoms with Gasteiger partial charge in [-0.15, -0.1) is 0 Å². The molecule has 1 aliphatic heterocycles. The van der Waals surface area contributed by atoms with Crippen LogP contribution in [0.4, 0.5) is 5.69 Å². The van der Waals surface area contributed by atoms with Crippen molar-refractivity contribution in [3.63, 3.8) is 0 Å². The highest BCUT2D eigenvalue weighted by Crippen LogP contribution is 2.45. The SMILES string of the molecule is CC1=[N+](C)c2c(ccc3ccccc23)C1(C)Cc1ccccc1C. The maximum absolute atomic E-state index is 2.40. The van der Waals surface area contributed by atoms with E-state index in [9.17, 15) is 0 Å². The molecule has 1 atom stereocenters. The van der Waals surface area contributed by atoms with Crippen LogP contribution in [-0.2, 0) is 11.8 Å². The molecule has 4 rings (SSSR count). The van der Waals surface area contributed by atoms with Gasteiger partial charge in [-0.1, -0.05) is 54.6 Å². The lowest BCUT2D eigenvalue weighted by Crippen LogP contribution is -2.32. The highest BCUT2D eigenvalue weighted by Gasteiger charge is 2.46. The summed E-state index contributed by atoms with van der Waals surface area (Å²) in [5, 5.41) is 2.67. The summed E-state index contributed by atoms with van der Waals surface area (Å²) < 4.78 is 2.40. The highest BCUT2D eigenvalue weighted by atomic mass is 15.0. The van der Waals surface area contributed by atoms with E-state index >= 15 is 0 Å². The Morgan fingerprint density at radius 1 is 0.875 bits per heavy atom. The van der Waals surface area contributed by atoms with Crippen LogP contribution in [0.3, 0.4) is 0 Å². The fraction of sp³-hybridized carbons (Fsp3) is 0.261. The molecule has 0 aliphatic carbocycles. The van der Waals surface area contributed by atoms with Gasteiger partial charge in [0.1, 0.15) is 7.05 Å². The maximum Gasteiger partial charge on any atom is 0.217 e. The number of aryl methyl sites for hydroxylation is 1. The smallest absolute Gasteiger partial charge is 0.201 e. The van der Waals surface area contributed by atoms with Crippen LogP contribution in [0, 0.1) is 6.92 Å². The first-order chi connectivity index (χ1) is 11.5. The Bertz CT molecular complexity index is 980. The van der Waals surface area contributed by atoms with Gasteiger partial charge < -0.3 is 0 Å². The van der Waals surface area contributed by atoms with Crippen LogP contribution in [0.1, 0.15) is 30.5 Å². The van der Waals surface area contributed by atoms with Crippen molar-refractivity contribution >= 4 is 22.2 Å². The van der Waals surface area contributed by atoms with E-state index in [1.165, 1.54) is 38.9 Å². The summed E-state index contributed by atoms with van der Waals surface area (Å²) in [6.07, 6.45) is 1.04. The van der Waals surface area contributed by atoms with Gasteiger partial charge >= 0.3 is 0 Å². The summed E-state index contributed by atoms with van der Waals surface area (Å²) in [6, 6.07) is 22.1. The molecule has 1 heterocycles. The number of fused-ring (bicyclic) bond motifs is 3. The number of benzene rings is 3. The van der Waals surface area contributed by atoms with E-state index < -0.39 is 0 Å². The van der Waals surface area contributed by atoms with Gasteiger partial charge in [-0.05, 0) is 42.8 Å².